The molecule has 3 heteroatoms. The summed E-state index contributed by atoms with van der Waals surface area (Å²) in [5, 5.41) is 0. The Kier molecular flexibility index (Phi) is 10.9. The van der Waals surface area contributed by atoms with Crippen LogP contribution in [0.25, 0.3) is 22.3 Å². The van der Waals surface area contributed by atoms with Crippen molar-refractivity contribution >= 4 is 57.2 Å². The van der Waals surface area contributed by atoms with E-state index < -0.39 is 0 Å². The molecule has 0 atom stereocenters. The summed E-state index contributed by atoms with van der Waals surface area (Å²) in [5.74, 6) is 0. The molecular formula is C73H79BN2. The Morgan fingerprint density at radius 3 is 1.39 bits per heavy atom. The highest BCUT2D eigenvalue weighted by atomic mass is 15.2. The number of rotatable bonds is 4. The maximum absolute atomic E-state index is 2.72. The van der Waals surface area contributed by atoms with Crippen molar-refractivity contribution in [1.82, 2.24) is 0 Å². The Balaban J connectivity index is 1.26. The molecule has 76 heavy (non-hydrogen) atoms. The zero-order valence-corrected chi connectivity index (χ0v) is 48.7. The van der Waals surface area contributed by atoms with Crippen molar-refractivity contribution in [3.05, 3.63) is 208 Å². The van der Waals surface area contributed by atoms with Crippen LogP contribution >= 0.6 is 0 Å². The molecule has 0 radical (unpaired) electrons. The molecule has 0 bridgehead atoms. The van der Waals surface area contributed by atoms with Gasteiger partial charge in [-0.2, -0.15) is 0 Å². The summed E-state index contributed by atoms with van der Waals surface area (Å²) in [5.41, 5.74) is 28.5. The second-order valence-electron chi connectivity index (χ2n) is 28.6. The Morgan fingerprint density at radius 1 is 0.368 bits per heavy atom. The van der Waals surface area contributed by atoms with Gasteiger partial charge < -0.3 is 9.80 Å². The maximum Gasteiger partial charge on any atom is 0.252 e. The Morgan fingerprint density at radius 2 is 0.842 bits per heavy atom. The van der Waals surface area contributed by atoms with Crippen LogP contribution in [0.5, 0.6) is 0 Å². The van der Waals surface area contributed by atoms with Crippen LogP contribution in [0, 0.1) is 0 Å². The van der Waals surface area contributed by atoms with Gasteiger partial charge in [-0.05, 0) is 165 Å². The van der Waals surface area contributed by atoms with Gasteiger partial charge in [0.1, 0.15) is 0 Å². The molecule has 0 saturated carbocycles. The van der Waals surface area contributed by atoms with E-state index in [1.54, 1.807) is 0 Å². The molecule has 8 aromatic carbocycles. The van der Waals surface area contributed by atoms with Crippen molar-refractivity contribution in [3.63, 3.8) is 0 Å². The van der Waals surface area contributed by atoms with Gasteiger partial charge in [-0.3, -0.25) is 0 Å². The molecule has 0 N–H and O–H groups in total. The first-order valence-corrected chi connectivity index (χ1v) is 28.3. The number of anilines is 6. The van der Waals surface area contributed by atoms with Crippen LogP contribution in [-0.2, 0) is 37.9 Å². The zero-order chi connectivity index (χ0) is 54.0. The third-order valence-corrected chi connectivity index (χ3v) is 18.5. The summed E-state index contributed by atoms with van der Waals surface area (Å²) in [6.45, 7) is 41.1. The summed E-state index contributed by atoms with van der Waals surface area (Å²) in [7, 11) is 0. The van der Waals surface area contributed by atoms with Crippen LogP contribution in [-0.4, -0.2) is 6.71 Å². The van der Waals surface area contributed by atoms with Crippen LogP contribution < -0.4 is 26.2 Å². The Bertz CT molecular complexity index is 3680. The quantitative estimate of drug-likeness (QED) is 0.162. The van der Waals surface area contributed by atoms with Crippen molar-refractivity contribution in [2.24, 2.45) is 0 Å². The van der Waals surface area contributed by atoms with Gasteiger partial charge in [-0.1, -0.05) is 227 Å². The van der Waals surface area contributed by atoms with Gasteiger partial charge in [0, 0.05) is 44.8 Å². The first kappa shape index (κ1) is 50.3. The molecular weight excluding hydrogens is 916 g/mol. The van der Waals surface area contributed by atoms with Crippen LogP contribution in [0.4, 0.5) is 34.1 Å². The predicted octanol–water partition coefficient (Wildman–Crippen LogP) is 17.9. The molecule has 0 spiro atoms. The van der Waals surface area contributed by atoms with Crippen molar-refractivity contribution in [2.75, 3.05) is 9.80 Å². The second-order valence-corrected chi connectivity index (χ2v) is 28.6. The number of hydrogen-bond acceptors (Lipinski definition) is 2. The van der Waals surface area contributed by atoms with E-state index in [1.807, 2.05) is 0 Å². The summed E-state index contributed by atoms with van der Waals surface area (Å²) in [6.07, 6.45) is 1.10. The van der Waals surface area contributed by atoms with Gasteiger partial charge in [0.25, 0.3) is 6.71 Å². The minimum absolute atomic E-state index is 0.0000809. The topological polar surface area (TPSA) is 6.48 Å². The van der Waals surface area contributed by atoms with Crippen molar-refractivity contribution in [3.8, 4) is 22.3 Å². The van der Waals surface area contributed by atoms with Crippen LogP contribution in [0.1, 0.15) is 174 Å². The van der Waals surface area contributed by atoms with Crippen LogP contribution in [0.2, 0.25) is 0 Å². The van der Waals surface area contributed by atoms with Gasteiger partial charge >= 0.3 is 0 Å². The van der Waals surface area contributed by atoms with Crippen molar-refractivity contribution < 1.29 is 0 Å². The number of hydrogen-bond donors (Lipinski definition) is 0. The molecule has 2 heterocycles. The number of nitrogens with zero attached hydrogens (tertiary/aromatic N) is 2. The van der Waals surface area contributed by atoms with Crippen molar-refractivity contribution in [2.45, 2.75) is 162 Å². The monoisotopic (exact) mass is 995 g/mol. The van der Waals surface area contributed by atoms with Gasteiger partial charge in [0.2, 0.25) is 0 Å². The molecule has 4 aliphatic rings. The molecule has 2 aliphatic heterocycles. The summed E-state index contributed by atoms with van der Waals surface area (Å²) >= 11 is 0. The van der Waals surface area contributed by atoms with Crippen molar-refractivity contribution in [1.29, 1.82) is 0 Å². The summed E-state index contributed by atoms with van der Waals surface area (Å²) in [6, 6.07) is 62.2. The lowest BCUT2D eigenvalue weighted by molar-refractivity contribution is 0.403. The van der Waals surface area contributed by atoms with Gasteiger partial charge in [0.15, 0.2) is 0 Å². The minimum Gasteiger partial charge on any atom is -0.311 e. The second kappa shape index (κ2) is 16.5. The van der Waals surface area contributed by atoms with Gasteiger partial charge in [-0.25, -0.2) is 0 Å². The highest BCUT2D eigenvalue weighted by Gasteiger charge is 2.51. The first-order valence-electron chi connectivity index (χ1n) is 28.3. The summed E-state index contributed by atoms with van der Waals surface area (Å²) < 4.78 is 0. The molecule has 2 aliphatic carbocycles. The minimum atomic E-state index is -0.243. The SMILES string of the molecule is CC(C)(C)c1ccc(N2c3cc4c(cc3B3c5cc6c(cc5N(c5ccc(C(C)(C)C)c(-c7ccccc7)c5)c5cc(C(C)(C)C)cc2c53)C(C)(C)CC6(C)C)C(C)(C)c2ccccc2C4(C)C)c(-c2ccccc2)c1. The van der Waals surface area contributed by atoms with E-state index >= 15 is 0 Å². The van der Waals surface area contributed by atoms with E-state index in [9.17, 15) is 0 Å². The number of benzene rings is 8. The van der Waals surface area contributed by atoms with Crippen LogP contribution in [0.15, 0.2) is 158 Å². The van der Waals surface area contributed by atoms with E-state index in [-0.39, 0.29) is 44.6 Å². The van der Waals surface area contributed by atoms with E-state index in [0.29, 0.717) is 0 Å². The fraction of sp³-hybridized carbons (Fsp3) is 0.342. The lowest BCUT2D eigenvalue weighted by atomic mass is 9.32. The fourth-order valence-electron chi connectivity index (χ4n) is 14.6. The molecule has 0 fully saturated rings. The molecule has 384 valence electrons. The molecule has 8 aromatic rings. The zero-order valence-electron chi connectivity index (χ0n) is 48.7. The standard InChI is InChI=1S/C73H79BN2/c1-67(2,3)47-32-35-61(51(36-47)46-28-22-19-23-29-46)76-63-43-58-57(72(14,15)53-30-24-25-31-54(53)73(58,16)17)41-60(63)74-59-40-55-56(71(12,13)44-70(55,10)11)42-62(59)75(64-37-48(68(4,5)6)38-65(76)66(64)74)49-33-34-52(69(7,8)9)50(39-49)45-26-20-18-21-27-45/h18-43H,44H2,1-17H3. The summed E-state index contributed by atoms with van der Waals surface area (Å²) in [4.78, 5) is 5.42. The fourth-order valence-corrected chi connectivity index (χ4v) is 14.6. The average molecular weight is 995 g/mol. The molecule has 2 nitrogen and oxygen atoms in total. The van der Waals surface area contributed by atoms with Gasteiger partial charge in [-0.15, -0.1) is 0 Å². The Hall–Kier alpha value is -6.58. The van der Waals surface area contributed by atoms with Crippen LogP contribution in [0.3, 0.4) is 0 Å². The highest BCUT2D eigenvalue weighted by Crippen LogP contribution is 2.56. The van der Waals surface area contributed by atoms with E-state index in [4.69, 9.17) is 0 Å². The number of fused-ring (bicyclic) bond motifs is 7. The lowest BCUT2D eigenvalue weighted by Crippen LogP contribution is -2.62. The lowest BCUT2D eigenvalue weighted by Gasteiger charge is -2.49. The highest BCUT2D eigenvalue weighted by molar-refractivity contribution is 7.00. The maximum atomic E-state index is 2.72. The van der Waals surface area contributed by atoms with E-state index in [2.05, 4.69) is 285 Å². The van der Waals surface area contributed by atoms with Gasteiger partial charge in [0.05, 0.1) is 5.69 Å². The molecule has 12 rings (SSSR count). The van der Waals surface area contributed by atoms with E-state index in [1.165, 1.54) is 123 Å². The smallest absolute Gasteiger partial charge is 0.252 e. The molecule has 0 amide bonds. The normalized spacial score (nSPS) is 17.3. The molecule has 0 unspecified atom stereocenters. The van der Waals surface area contributed by atoms with E-state index in [0.717, 1.165) is 6.42 Å². The predicted molar refractivity (Wildman–Crippen MR) is 329 cm³/mol. The molecule has 0 aromatic heterocycles. The largest absolute Gasteiger partial charge is 0.311 e. The Labute approximate surface area is 456 Å². The third-order valence-electron chi connectivity index (χ3n) is 18.5. The average Bonchev–Trinajstić information content (AvgIpc) is 3.71. The first-order chi connectivity index (χ1) is 35.6. The molecule has 0 saturated heterocycles. The third kappa shape index (κ3) is 7.56.